The van der Waals surface area contributed by atoms with Gasteiger partial charge in [-0.25, -0.2) is 9.98 Å². The van der Waals surface area contributed by atoms with Gasteiger partial charge in [0.25, 0.3) is 0 Å². The van der Waals surface area contributed by atoms with E-state index >= 15 is 0 Å². The minimum Gasteiger partial charge on any atom is -0.383 e. The minimum absolute atomic E-state index is 0.478. The molecule has 1 aliphatic rings. The van der Waals surface area contributed by atoms with Crippen LogP contribution >= 0.6 is 34.8 Å². The van der Waals surface area contributed by atoms with Crippen molar-refractivity contribution in [3.05, 3.63) is 81.2 Å². The molecule has 35 heavy (non-hydrogen) atoms. The molecule has 4 N–H and O–H groups in total. The Hall–Kier alpha value is -2.51. The first kappa shape index (κ1) is 25.6. The third kappa shape index (κ3) is 6.39. The summed E-state index contributed by atoms with van der Waals surface area (Å²) in [7, 11) is 0. The molecule has 2 aromatic carbocycles. The largest absolute Gasteiger partial charge is 0.383 e. The van der Waals surface area contributed by atoms with E-state index in [2.05, 4.69) is 22.2 Å². The molecular weight excluding hydrogens is 503 g/mol. The zero-order valence-corrected chi connectivity index (χ0v) is 21.7. The van der Waals surface area contributed by atoms with Gasteiger partial charge in [-0.05, 0) is 62.0 Å². The minimum atomic E-state index is 0.478. The normalized spacial score (nSPS) is 14.5. The highest BCUT2D eigenvalue weighted by Crippen LogP contribution is 2.36. The van der Waals surface area contributed by atoms with Crippen molar-refractivity contribution in [2.75, 3.05) is 18.8 Å². The Morgan fingerprint density at radius 2 is 1.80 bits per heavy atom. The molecular formula is C26H29Cl3N6. The van der Waals surface area contributed by atoms with Crippen LogP contribution in [0.5, 0.6) is 0 Å². The fourth-order valence-corrected chi connectivity index (χ4v) is 4.98. The number of aliphatic imine (C=N–C) groups is 1. The Morgan fingerprint density at radius 3 is 2.51 bits per heavy atom. The Kier molecular flexibility index (Phi) is 8.74. The van der Waals surface area contributed by atoms with Crippen LogP contribution in [0.1, 0.15) is 30.5 Å². The summed E-state index contributed by atoms with van der Waals surface area (Å²) in [5.74, 6) is 2.28. The van der Waals surface area contributed by atoms with E-state index in [-0.39, 0.29) is 0 Å². The number of hydrogen-bond acceptors (Lipinski definition) is 5. The quantitative estimate of drug-likeness (QED) is 0.289. The van der Waals surface area contributed by atoms with E-state index in [0.29, 0.717) is 56.3 Å². The smallest absolute Gasteiger partial charge is 0.145 e. The van der Waals surface area contributed by atoms with Crippen molar-refractivity contribution >= 4 is 46.8 Å². The van der Waals surface area contributed by atoms with Gasteiger partial charge in [-0.1, -0.05) is 65.6 Å². The first-order valence-electron chi connectivity index (χ1n) is 11.7. The molecule has 4 rings (SSSR count). The van der Waals surface area contributed by atoms with Crippen molar-refractivity contribution in [1.29, 1.82) is 0 Å². The number of nitrogens with two attached hydrogens (primary N) is 1. The fraction of sp³-hybridized carbons (Fsp3) is 0.308. The fourth-order valence-electron chi connectivity index (χ4n) is 4.21. The van der Waals surface area contributed by atoms with E-state index in [1.807, 2.05) is 34.9 Å². The van der Waals surface area contributed by atoms with Gasteiger partial charge < -0.3 is 20.9 Å². The lowest BCUT2D eigenvalue weighted by Gasteiger charge is -2.23. The van der Waals surface area contributed by atoms with E-state index in [4.69, 9.17) is 45.5 Å². The standard InChI is InChI=1S/C26H29Cl3N6/c1-17(32-15-19-5-2-3-6-20(19)27)33-16-23-25(30)35(14-11-18-9-12-31-13-10-18)26(34-23)24-21(28)7-4-8-22(24)29/h2-8,16,18,31-32H,1,9-15,30H2/b33-16-. The highest BCUT2D eigenvalue weighted by molar-refractivity contribution is 6.39. The maximum atomic E-state index is 6.57. The maximum absolute atomic E-state index is 6.57. The first-order valence-corrected chi connectivity index (χ1v) is 12.8. The van der Waals surface area contributed by atoms with Gasteiger partial charge in [-0.15, -0.1) is 0 Å². The molecule has 6 nitrogen and oxygen atoms in total. The molecule has 0 bridgehead atoms. The molecule has 0 aliphatic carbocycles. The molecule has 0 spiro atoms. The summed E-state index contributed by atoms with van der Waals surface area (Å²) < 4.78 is 2.00. The van der Waals surface area contributed by atoms with E-state index in [1.54, 1.807) is 18.3 Å². The third-order valence-corrected chi connectivity index (χ3v) is 7.22. The summed E-state index contributed by atoms with van der Waals surface area (Å²) in [5.41, 5.74) is 8.75. The number of aromatic nitrogens is 2. The van der Waals surface area contributed by atoms with Crippen LogP contribution in [0.25, 0.3) is 11.4 Å². The Balaban J connectivity index is 1.56. The van der Waals surface area contributed by atoms with Crippen LogP contribution in [-0.2, 0) is 13.1 Å². The van der Waals surface area contributed by atoms with Gasteiger partial charge in [0.1, 0.15) is 23.2 Å². The predicted molar refractivity (Wildman–Crippen MR) is 147 cm³/mol. The van der Waals surface area contributed by atoms with Crippen LogP contribution in [0, 0.1) is 5.92 Å². The SMILES string of the molecule is C=C(/N=C\c1nc(-c2c(Cl)cccc2Cl)n(CCC2CCNCC2)c1N)NCc1ccccc1Cl. The van der Waals surface area contributed by atoms with Crippen molar-refractivity contribution in [1.82, 2.24) is 20.2 Å². The molecule has 1 aliphatic heterocycles. The van der Waals surface area contributed by atoms with Crippen molar-refractivity contribution < 1.29 is 0 Å². The van der Waals surface area contributed by atoms with Gasteiger partial charge in [-0.3, -0.25) is 0 Å². The molecule has 184 valence electrons. The van der Waals surface area contributed by atoms with Gasteiger partial charge >= 0.3 is 0 Å². The molecule has 0 unspecified atom stereocenters. The molecule has 3 aromatic rings. The number of imidazole rings is 1. The summed E-state index contributed by atoms with van der Waals surface area (Å²) in [6.07, 6.45) is 4.93. The number of benzene rings is 2. The number of nitrogens with zero attached hydrogens (tertiary/aromatic N) is 3. The van der Waals surface area contributed by atoms with Gasteiger partial charge in [0, 0.05) is 18.1 Å². The first-order chi connectivity index (χ1) is 16.9. The maximum Gasteiger partial charge on any atom is 0.145 e. The average molecular weight is 532 g/mol. The molecule has 0 atom stereocenters. The Morgan fingerprint density at radius 1 is 1.11 bits per heavy atom. The number of piperidine rings is 1. The second kappa shape index (κ2) is 12.0. The second-order valence-corrected chi connectivity index (χ2v) is 9.81. The van der Waals surface area contributed by atoms with Gasteiger partial charge in [0.2, 0.25) is 0 Å². The number of halogens is 3. The van der Waals surface area contributed by atoms with Crippen molar-refractivity contribution in [2.45, 2.75) is 32.4 Å². The van der Waals surface area contributed by atoms with Crippen LogP contribution in [-0.4, -0.2) is 28.9 Å². The van der Waals surface area contributed by atoms with E-state index < -0.39 is 0 Å². The lowest BCUT2D eigenvalue weighted by Crippen LogP contribution is -2.28. The van der Waals surface area contributed by atoms with Crippen LogP contribution < -0.4 is 16.4 Å². The molecule has 0 saturated carbocycles. The highest BCUT2D eigenvalue weighted by Gasteiger charge is 2.21. The number of rotatable bonds is 9. The van der Waals surface area contributed by atoms with Crippen LogP contribution in [0.4, 0.5) is 5.82 Å². The molecule has 1 fully saturated rings. The lowest BCUT2D eigenvalue weighted by atomic mass is 9.94. The molecule has 1 saturated heterocycles. The van der Waals surface area contributed by atoms with Crippen LogP contribution in [0.15, 0.2) is 59.9 Å². The summed E-state index contributed by atoms with van der Waals surface area (Å²) in [6, 6.07) is 13.1. The number of anilines is 1. The number of nitrogens with one attached hydrogen (secondary N) is 2. The summed E-state index contributed by atoms with van der Waals surface area (Å²) >= 11 is 19.3. The molecule has 0 radical (unpaired) electrons. The zero-order chi connectivity index (χ0) is 24.8. The van der Waals surface area contributed by atoms with Crippen molar-refractivity contribution in [2.24, 2.45) is 10.9 Å². The van der Waals surface area contributed by atoms with Gasteiger partial charge in [0.15, 0.2) is 0 Å². The predicted octanol–water partition coefficient (Wildman–Crippen LogP) is 6.16. The second-order valence-electron chi connectivity index (χ2n) is 8.59. The summed E-state index contributed by atoms with van der Waals surface area (Å²) in [4.78, 5) is 9.23. The Labute approximate surface area is 221 Å². The monoisotopic (exact) mass is 530 g/mol. The topological polar surface area (TPSA) is 80.3 Å². The van der Waals surface area contributed by atoms with E-state index in [9.17, 15) is 0 Å². The summed E-state index contributed by atoms with van der Waals surface area (Å²) in [6.45, 7) is 7.31. The van der Waals surface area contributed by atoms with Crippen LogP contribution in [0.3, 0.4) is 0 Å². The summed E-state index contributed by atoms with van der Waals surface area (Å²) in [5, 5.41) is 8.33. The molecule has 2 heterocycles. The lowest BCUT2D eigenvalue weighted by molar-refractivity contribution is 0.339. The van der Waals surface area contributed by atoms with Gasteiger partial charge in [0.05, 0.1) is 21.8 Å². The average Bonchev–Trinajstić information content (AvgIpc) is 3.16. The van der Waals surface area contributed by atoms with Crippen LogP contribution in [0.2, 0.25) is 15.1 Å². The number of nitrogen functional groups attached to an aromatic ring is 1. The number of hydrogen-bond donors (Lipinski definition) is 3. The van der Waals surface area contributed by atoms with Gasteiger partial charge in [-0.2, -0.15) is 0 Å². The van der Waals surface area contributed by atoms with Crippen molar-refractivity contribution in [3.8, 4) is 11.4 Å². The zero-order valence-electron chi connectivity index (χ0n) is 19.4. The van der Waals surface area contributed by atoms with E-state index in [1.165, 1.54) is 0 Å². The molecule has 9 heteroatoms. The van der Waals surface area contributed by atoms with Crippen molar-refractivity contribution in [3.63, 3.8) is 0 Å². The van der Waals surface area contributed by atoms with E-state index in [0.717, 1.165) is 44.5 Å². The highest BCUT2D eigenvalue weighted by atomic mass is 35.5. The molecule has 0 amide bonds. The Bertz CT molecular complexity index is 1190. The molecule has 1 aromatic heterocycles. The third-order valence-electron chi connectivity index (χ3n) is 6.22.